The molecule has 0 saturated heterocycles. The number of aliphatic hydroxyl groups is 2. The van der Waals surface area contributed by atoms with E-state index in [-0.39, 0.29) is 0 Å². The van der Waals surface area contributed by atoms with Crippen molar-refractivity contribution in [2.45, 2.75) is 11.2 Å². The molecular formula is C50H44N2O4. The number of amides is 2. The van der Waals surface area contributed by atoms with E-state index in [1.54, 1.807) is 28.2 Å². The van der Waals surface area contributed by atoms with Gasteiger partial charge in [-0.1, -0.05) is 170 Å². The molecule has 0 atom stereocenters. The molecule has 0 saturated carbocycles. The van der Waals surface area contributed by atoms with E-state index in [9.17, 15) is 19.8 Å². The van der Waals surface area contributed by atoms with Crippen LogP contribution in [0, 0.1) is 0 Å². The lowest BCUT2D eigenvalue weighted by molar-refractivity contribution is -0.116. The van der Waals surface area contributed by atoms with Crippen molar-refractivity contribution in [3.8, 4) is 44.5 Å². The summed E-state index contributed by atoms with van der Waals surface area (Å²) in [6.45, 7) is 0. The fourth-order valence-corrected chi connectivity index (χ4v) is 7.93. The predicted octanol–water partition coefficient (Wildman–Crippen LogP) is 8.96. The Balaban J connectivity index is 0.000000431. The Morgan fingerprint density at radius 2 is 0.518 bits per heavy atom. The number of rotatable bonds is 6. The van der Waals surface area contributed by atoms with Crippen LogP contribution in [0.1, 0.15) is 33.4 Å². The van der Waals surface area contributed by atoms with Gasteiger partial charge < -0.3 is 20.0 Å². The summed E-state index contributed by atoms with van der Waals surface area (Å²) in [5.41, 5.74) is 11.0. The molecule has 0 fully saturated rings. The largest absolute Gasteiger partial charge is 0.376 e. The van der Waals surface area contributed by atoms with Crippen molar-refractivity contribution in [3.05, 3.63) is 203 Å². The molecule has 9 rings (SSSR count). The molecule has 7 aromatic rings. The van der Waals surface area contributed by atoms with Crippen LogP contribution in [0.25, 0.3) is 44.5 Å². The maximum Gasteiger partial charge on any atom is 0.209 e. The topological polar surface area (TPSA) is 81.1 Å². The van der Waals surface area contributed by atoms with Gasteiger partial charge in [-0.3, -0.25) is 9.59 Å². The highest BCUT2D eigenvalue weighted by Crippen LogP contribution is 2.54. The van der Waals surface area contributed by atoms with Gasteiger partial charge in [0.15, 0.2) is 0 Å². The average Bonchev–Trinajstić information content (AvgIpc) is 3.67. The standard InChI is InChI=1S/C44H30O2.2C3H7NO/c45-43(39-21-9-3-15-33(39)34-16-4-10-22-40(34)43)37-19-7-1-13-31(37)29-25-27-30(28-26-29)32-14-2-8-20-38(32)44(46)41-23-11-5-17-35(41)36-18-6-12-24-42(36)44;2*1-4(2)3-5/h1-28,45-46H;2*3H,1-2H3. The molecule has 0 unspecified atom stereocenters. The highest BCUT2D eigenvalue weighted by molar-refractivity contribution is 5.87. The lowest BCUT2D eigenvalue weighted by atomic mass is 9.79. The number of carbonyl (C=O) groups is 2. The highest BCUT2D eigenvalue weighted by Gasteiger charge is 2.45. The first kappa shape index (κ1) is 37.7. The van der Waals surface area contributed by atoms with E-state index in [2.05, 4.69) is 60.7 Å². The normalized spacial score (nSPS) is 13.2. The Morgan fingerprint density at radius 1 is 0.339 bits per heavy atom. The number of hydrogen-bond acceptors (Lipinski definition) is 4. The third-order valence-electron chi connectivity index (χ3n) is 10.4. The van der Waals surface area contributed by atoms with Crippen molar-refractivity contribution in [1.29, 1.82) is 0 Å². The third-order valence-corrected chi connectivity index (χ3v) is 10.4. The second kappa shape index (κ2) is 15.6. The van der Waals surface area contributed by atoms with Crippen molar-refractivity contribution < 1.29 is 19.8 Å². The van der Waals surface area contributed by atoms with Crippen LogP contribution in [0.15, 0.2) is 170 Å². The zero-order chi connectivity index (χ0) is 39.5. The SMILES string of the molecule is CN(C)C=O.CN(C)C=O.OC1(c2ccccc2-c2ccc(-c3ccccc3C3(O)c4ccccc4-c4ccccc43)cc2)c2ccccc2-c2ccccc21. The van der Waals surface area contributed by atoms with Crippen LogP contribution in [0.5, 0.6) is 0 Å². The molecule has 0 bridgehead atoms. The third kappa shape index (κ3) is 6.49. The van der Waals surface area contributed by atoms with Crippen LogP contribution >= 0.6 is 0 Å². The van der Waals surface area contributed by atoms with Gasteiger partial charge in [-0.2, -0.15) is 0 Å². The smallest absolute Gasteiger partial charge is 0.209 e. The first-order chi connectivity index (χ1) is 27.1. The summed E-state index contributed by atoms with van der Waals surface area (Å²) in [7, 11) is 6.75. The van der Waals surface area contributed by atoms with Crippen LogP contribution < -0.4 is 0 Å². The minimum absolute atomic E-state index is 0.750. The lowest BCUT2D eigenvalue weighted by Gasteiger charge is -2.29. The molecule has 0 aromatic heterocycles. The van der Waals surface area contributed by atoms with Gasteiger partial charge in [0, 0.05) is 61.6 Å². The summed E-state index contributed by atoms with van der Waals surface area (Å²) >= 11 is 0. The molecule has 6 nitrogen and oxygen atoms in total. The quantitative estimate of drug-likeness (QED) is 0.167. The fraction of sp³-hybridized carbons (Fsp3) is 0.120. The Labute approximate surface area is 328 Å². The van der Waals surface area contributed by atoms with Gasteiger partial charge in [-0.25, -0.2) is 0 Å². The lowest BCUT2D eigenvalue weighted by Crippen LogP contribution is -2.27. The van der Waals surface area contributed by atoms with Gasteiger partial charge in [0.05, 0.1) is 0 Å². The maximum atomic E-state index is 12.7. The van der Waals surface area contributed by atoms with Crippen molar-refractivity contribution in [1.82, 2.24) is 9.80 Å². The minimum Gasteiger partial charge on any atom is -0.376 e. The first-order valence-electron chi connectivity index (χ1n) is 18.5. The molecule has 6 heteroatoms. The first-order valence-corrected chi connectivity index (χ1v) is 18.5. The maximum absolute atomic E-state index is 12.7. The summed E-state index contributed by atoms with van der Waals surface area (Å²) < 4.78 is 0. The molecule has 7 aromatic carbocycles. The van der Waals surface area contributed by atoms with Crippen LogP contribution in [-0.2, 0) is 20.8 Å². The minimum atomic E-state index is -1.28. The van der Waals surface area contributed by atoms with Gasteiger partial charge in [-0.15, -0.1) is 0 Å². The zero-order valence-corrected chi connectivity index (χ0v) is 31.9. The summed E-state index contributed by atoms with van der Waals surface area (Å²) in [6, 6.07) is 57.5. The Kier molecular flexibility index (Phi) is 10.5. The van der Waals surface area contributed by atoms with Crippen LogP contribution in [-0.4, -0.2) is 61.0 Å². The van der Waals surface area contributed by atoms with E-state index in [1.165, 1.54) is 9.80 Å². The molecule has 2 N–H and O–H groups in total. The molecule has 0 heterocycles. The van der Waals surface area contributed by atoms with Gasteiger partial charge in [0.1, 0.15) is 11.2 Å². The number of carbonyl (C=O) groups excluding carboxylic acids is 2. The monoisotopic (exact) mass is 736 g/mol. The van der Waals surface area contributed by atoms with E-state index in [1.807, 2.05) is 109 Å². The van der Waals surface area contributed by atoms with Crippen molar-refractivity contribution in [3.63, 3.8) is 0 Å². The van der Waals surface area contributed by atoms with Gasteiger partial charge in [0.25, 0.3) is 0 Å². The molecule has 278 valence electrons. The second-order valence-electron chi connectivity index (χ2n) is 14.4. The molecule has 2 amide bonds. The zero-order valence-electron chi connectivity index (χ0n) is 31.9. The summed E-state index contributed by atoms with van der Waals surface area (Å²) in [5, 5.41) is 25.3. The highest BCUT2D eigenvalue weighted by atomic mass is 16.3. The molecular weight excluding hydrogens is 693 g/mol. The van der Waals surface area contributed by atoms with Gasteiger partial charge >= 0.3 is 0 Å². The van der Waals surface area contributed by atoms with Crippen molar-refractivity contribution in [2.75, 3.05) is 28.2 Å². The molecule has 0 radical (unpaired) electrons. The van der Waals surface area contributed by atoms with Gasteiger partial charge in [0.2, 0.25) is 12.8 Å². The van der Waals surface area contributed by atoms with E-state index in [0.717, 1.165) is 90.7 Å². The number of nitrogens with zero attached hydrogens (tertiary/aromatic N) is 2. The molecule has 0 aliphatic heterocycles. The summed E-state index contributed by atoms with van der Waals surface area (Å²) in [5.74, 6) is 0. The van der Waals surface area contributed by atoms with Gasteiger partial charge in [-0.05, 0) is 44.5 Å². The van der Waals surface area contributed by atoms with Crippen LogP contribution in [0.3, 0.4) is 0 Å². The average molecular weight is 737 g/mol. The Hall–Kier alpha value is -6.60. The Bertz CT molecular complexity index is 2250. The van der Waals surface area contributed by atoms with Crippen LogP contribution in [0.2, 0.25) is 0 Å². The van der Waals surface area contributed by atoms with E-state index >= 15 is 0 Å². The Morgan fingerprint density at radius 3 is 0.732 bits per heavy atom. The van der Waals surface area contributed by atoms with Crippen molar-refractivity contribution in [2.24, 2.45) is 0 Å². The van der Waals surface area contributed by atoms with Crippen LogP contribution in [0.4, 0.5) is 0 Å². The summed E-state index contributed by atoms with van der Waals surface area (Å²) in [6.07, 6.45) is 1.50. The van der Waals surface area contributed by atoms with E-state index < -0.39 is 11.2 Å². The number of fused-ring (bicyclic) bond motifs is 6. The van der Waals surface area contributed by atoms with E-state index in [0.29, 0.717) is 0 Å². The number of hydrogen-bond donors (Lipinski definition) is 2. The molecule has 56 heavy (non-hydrogen) atoms. The summed E-state index contributed by atoms with van der Waals surface area (Å²) in [4.78, 5) is 21.8. The van der Waals surface area contributed by atoms with Crippen molar-refractivity contribution >= 4 is 12.8 Å². The molecule has 2 aliphatic rings. The van der Waals surface area contributed by atoms with E-state index in [4.69, 9.17) is 0 Å². The molecule has 0 spiro atoms. The predicted molar refractivity (Wildman–Crippen MR) is 225 cm³/mol. The number of benzene rings is 7. The molecule has 2 aliphatic carbocycles. The second-order valence-corrected chi connectivity index (χ2v) is 14.4. The fourth-order valence-electron chi connectivity index (χ4n) is 7.93.